The van der Waals surface area contributed by atoms with Gasteiger partial charge in [-0.15, -0.1) is 0 Å². The van der Waals surface area contributed by atoms with E-state index in [-0.39, 0.29) is 17.3 Å². The van der Waals surface area contributed by atoms with Crippen molar-refractivity contribution in [2.75, 3.05) is 14.2 Å². The smallest absolute Gasteiger partial charge is 0.280 e. The first-order valence-corrected chi connectivity index (χ1v) is 14.9. The topological polar surface area (TPSA) is 109 Å². The van der Waals surface area contributed by atoms with Gasteiger partial charge in [0.25, 0.3) is 11.2 Å². The van der Waals surface area contributed by atoms with E-state index < -0.39 is 4.92 Å². The van der Waals surface area contributed by atoms with Crippen LogP contribution in [0.5, 0.6) is 11.5 Å². The summed E-state index contributed by atoms with van der Waals surface area (Å²) in [4.78, 5) is 31.0. The van der Waals surface area contributed by atoms with Crippen molar-refractivity contribution in [2.24, 2.45) is 4.99 Å². The van der Waals surface area contributed by atoms with Crippen LogP contribution < -0.4 is 24.4 Å². The van der Waals surface area contributed by atoms with Crippen LogP contribution in [0.1, 0.15) is 40.5 Å². The molecule has 0 N–H and O–H groups in total. The number of nitro groups is 1. The molecule has 0 fully saturated rings. The summed E-state index contributed by atoms with van der Waals surface area (Å²) in [7, 11) is 3.19. The minimum absolute atomic E-state index is 0.0361. The van der Waals surface area contributed by atoms with Crippen molar-refractivity contribution in [2.45, 2.75) is 25.8 Å². The van der Waals surface area contributed by atoms with Crippen molar-refractivity contribution in [3.05, 3.63) is 136 Å². The molecule has 7 rings (SSSR count). The van der Waals surface area contributed by atoms with Crippen molar-refractivity contribution in [3.8, 4) is 22.8 Å². The van der Waals surface area contributed by atoms with Crippen LogP contribution in [0.15, 0.2) is 92.6 Å². The van der Waals surface area contributed by atoms with Crippen LogP contribution in [0.3, 0.4) is 0 Å². The quantitative estimate of drug-likeness (QED) is 0.178. The third-order valence-electron chi connectivity index (χ3n) is 8.11. The van der Waals surface area contributed by atoms with Gasteiger partial charge in [0, 0.05) is 17.7 Å². The Bertz CT molecular complexity index is 2190. The minimum atomic E-state index is -0.420. The second kappa shape index (κ2) is 10.8. The molecule has 3 aromatic carbocycles. The predicted octanol–water partition coefficient (Wildman–Crippen LogP) is 5.81. The number of allylic oxidation sites excluding steroid dienone is 1. The van der Waals surface area contributed by atoms with Crippen molar-refractivity contribution < 1.29 is 18.8 Å². The van der Waals surface area contributed by atoms with E-state index in [0.29, 0.717) is 37.9 Å². The molecule has 5 aromatic rings. The van der Waals surface area contributed by atoms with E-state index in [1.807, 2.05) is 30.3 Å². The first kappa shape index (κ1) is 27.6. The van der Waals surface area contributed by atoms with Crippen molar-refractivity contribution >= 4 is 28.8 Å². The van der Waals surface area contributed by atoms with E-state index in [1.54, 1.807) is 56.1 Å². The summed E-state index contributed by atoms with van der Waals surface area (Å²) in [5.74, 6) is 1.95. The predicted molar refractivity (Wildman–Crippen MR) is 168 cm³/mol. The van der Waals surface area contributed by atoms with E-state index in [9.17, 15) is 14.9 Å². The molecule has 2 aliphatic rings. The molecule has 0 amide bonds. The number of hydrogen-bond acceptors (Lipinski definition) is 8. The van der Waals surface area contributed by atoms with E-state index in [1.165, 1.54) is 23.0 Å². The summed E-state index contributed by atoms with van der Waals surface area (Å²) in [6, 6.07) is 22.0. The molecule has 2 aromatic heterocycles. The van der Waals surface area contributed by atoms with Crippen LogP contribution in [-0.4, -0.2) is 23.7 Å². The number of fused-ring (bicyclic) bond motifs is 3. The molecule has 3 heterocycles. The van der Waals surface area contributed by atoms with Crippen LogP contribution in [0.25, 0.3) is 23.1 Å². The lowest BCUT2D eigenvalue weighted by molar-refractivity contribution is -0.384. The molecule has 1 aliphatic carbocycles. The summed E-state index contributed by atoms with van der Waals surface area (Å²) in [6.07, 6.45) is 3.28. The third kappa shape index (κ3) is 4.55. The molecule has 0 spiro atoms. The molecule has 0 bridgehead atoms. The van der Waals surface area contributed by atoms with Gasteiger partial charge in [0.2, 0.25) is 0 Å². The molecule has 44 heavy (non-hydrogen) atoms. The van der Waals surface area contributed by atoms with Gasteiger partial charge in [0.15, 0.2) is 16.3 Å². The molecule has 0 unspecified atom stereocenters. The number of aromatic nitrogens is 1. The zero-order valence-corrected chi connectivity index (χ0v) is 25.0. The number of furan rings is 1. The number of ether oxygens (including phenoxy) is 2. The zero-order chi connectivity index (χ0) is 30.5. The fourth-order valence-electron chi connectivity index (χ4n) is 6.05. The number of rotatable bonds is 6. The fraction of sp³-hybridized carbons (Fsp3) is 0.176. The van der Waals surface area contributed by atoms with Crippen LogP contribution >= 0.6 is 11.3 Å². The number of thiazole rings is 1. The van der Waals surface area contributed by atoms with Gasteiger partial charge in [-0.05, 0) is 72.4 Å². The van der Waals surface area contributed by atoms with Crippen LogP contribution in [-0.2, 0) is 6.42 Å². The van der Waals surface area contributed by atoms with Crippen LogP contribution in [0, 0.1) is 17.0 Å². The SMILES string of the molecule is COc1ccc([C@H]2C3=C(N=c4s/c(=C/c5ccc(-c6ccc(C)cc6[N+](=O)[O-])o5)c(=O)n42)c2ccccc2CC3)cc1OC. The lowest BCUT2D eigenvalue weighted by Crippen LogP contribution is -2.38. The van der Waals surface area contributed by atoms with Gasteiger partial charge in [-0.1, -0.05) is 47.7 Å². The molecule has 0 radical (unpaired) electrons. The zero-order valence-electron chi connectivity index (χ0n) is 24.2. The maximum Gasteiger partial charge on any atom is 0.280 e. The highest BCUT2D eigenvalue weighted by atomic mass is 32.1. The number of nitrogens with zero attached hydrogens (tertiary/aromatic N) is 3. The molecule has 0 saturated carbocycles. The highest BCUT2D eigenvalue weighted by Crippen LogP contribution is 2.43. The molecule has 9 nitrogen and oxygen atoms in total. The average molecular weight is 606 g/mol. The van der Waals surface area contributed by atoms with Crippen molar-refractivity contribution in [3.63, 3.8) is 0 Å². The second-order valence-electron chi connectivity index (χ2n) is 10.7. The molecule has 220 valence electrons. The van der Waals surface area contributed by atoms with E-state index in [2.05, 4.69) is 12.1 Å². The Balaban J connectivity index is 1.40. The van der Waals surface area contributed by atoms with E-state index >= 15 is 0 Å². The Morgan fingerprint density at radius 1 is 1.00 bits per heavy atom. The normalized spacial score (nSPS) is 15.7. The first-order chi connectivity index (χ1) is 21.4. The van der Waals surface area contributed by atoms with E-state index in [4.69, 9.17) is 18.9 Å². The summed E-state index contributed by atoms with van der Waals surface area (Å²) in [5, 5.41) is 11.7. The minimum Gasteiger partial charge on any atom is -0.493 e. The Hall–Kier alpha value is -5.22. The molecule has 10 heteroatoms. The van der Waals surface area contributed by atoms with Gasteiger partial charge in [0.1, 0.15) is 11.5 Å². The standard InChI is InChI=1S/C34H27N3O6S/c1-19-8-12-24(26(16-19)37(39)40)27-15-11-22(43-27)18-30-33(38)36-32(21-10-14-28(41-2)29(17-21)42-3)25-13-9-20-6-4-5-7-23(20)31(25)35-34(36)44-30/h4-8,10-12,14-18,32H,9,13H2,1-3H3/b30-18+/t32-/m0/s1. The van der Waals surface area contributed by atoms with Crippen LogP contribution in [0.2, 0.25) is 0 Å². The first-order valence-electron chi connectivity index (χ1n) is 14.1. The van der Waals surface area contributed by atoms with Gasteiger partial charge in [-0.25, -0.2) is 4.99 Å². The fourth-order valence-corrected chi connectivity index (χ4v) is 7.03. The number of benzene rings is 3. The molecular formula is C34H27N3O6S. The highest BCUT2D eigenvalue weighted by molar-refractivity contribution is 7.07. The van der Waals surface area contributed by atoms with E-state index in [0.717, 1.165) is 40.8 Å². The van der Waals surface area contributed by atoms with Gasteiger partial charge in [-0.2, -0.15) is 0 Å². The lowest BCUT2D eigenvalue weighted by Gasteiger charge is -2.31. The molecule has 0 saturated heterocycles. The number of nitro benzene ring substituents is 1. The maximum atomic E-state index is 14.1. The van der Waals surface area contributed by atoms with Gasteiger partial charge < -0.3 is 13.9 Å². The second-order valence-corrected chi connectivity index (χ2v) is 11.7. The summed E-state index contributed by atoms with van der Waals surface area (Å²) >= 11 is 1.29. The average Bonchev–Trinajstić information content (AvgIpc) is 3.63. The van der Waals surface area contributed by atoms with Gasteiger partial charge in [-0.3, -0.25) is 19.5 Å². The maximum absolute atomic E-state index is 14.1. The Kier molecular flexibility index (Phi) is 6.78. The Morgan fingerprint density at radius 3 is 2.61 bits per heavy atom. The molecule has 1 aliphatic heterocycles. The summed E-state index contributed by atoms with van der Waals surface area (Å²) in [5.41, 5.74) is 6.09. The summed E-state index contributed by atoms with van der Waals surface area (Å²) in [6.45, 7) is 1.80. The highest BCUT2D eigenvalue weighted by Gasteiger charge is 2.33. The van der Waals surface area contributed by atoms with Gasteiger partial charge >= 0.3 is 0 Å². The number of aryl methyl sites for hydroxylation is 2. The van der Waals surface area contributed by atoms with Crippen molar-refractivity contribution in [1.29, 1.82) is 0 Å². The number of hydrogen-bond donors (Lipinski definition) is 0. The Labute approximate surface area is 255 Å². The Morgan fingerprint density at radius 2 is 1.82 bits per heavy atom. The lowest BCUT2D eigenvalue weighted by atomic mass is 9.83. The van der Waals surface area contributed by atoms with Crippen molar-refractivity contribution in [1.82, 2.24) is 4.57 Å². The van der Waals surface area contributed by atoms with Crippen LogP contribution in [0.4, 0.5) is 5.69 Å². The molecule has 1 atom stereocenters. The third-order valence-corrected chi connectivity index (χ3v) is 9.09. The number of methoxy groups -OCH3 is 2. The monoisotopic (exact) mass is 605 g/mol. The molecular weight excluding hydrogens is 578 g/mol. The van der Waals surface area contributed by atoms with Gasteiger partial charge in [0.05, 0.1) is 41.0 Å². The summed E-state index contributed by atoms with van der Waals surface area (Å²) < 4.78 is 19.3. The largest absolute Gasteiger partial charge is 0.493 e.